The molecule has 1 aromatic heterocycles. The Hall–Kier alpha value is -0.0800. The lowest BCUT2D eigenvalue weighted by atomic mass is 10.4. The van der Waals surface area contributed by atoms with Crippen LogP contribution in [0.15, 0.2) is 5.38 Å². The van der Waals surface area contributed by atoms with Crippen molar-refractivity contribution in [3.05, 3.63) is 16.1 Å². The number of halogens is 1. The van der Waals surface area contributed by atoms with E-state index >= 15 is 0 Å². The Morgan fingerprint density at radius 1 is 1.40 bits per heavy atom. The van der Waals surface area contributed by atoms with Gasteiger partial charge in [-0.3, -0.25) is 0 Å². The Morgan fingerprint density at radius 2 is 2.10 bits per heavy atom. The van der Waals surface area contributed by atoms with Crippen molar-refractivity contribution in [1.82, 2.24) is 4.98 Å². The minimum Gasteiger partial charge on any atom is -0.246 e. The number of rotatable bonds is 2. The van der Waals surface area contributed by atoms with E-state index in [1.54, 1.807) is 11.3 Å². The molecular weight excluding hydrogens is 166 g/mol. The molecule has 1 nitrogen and oxygen atoms in total. The third kappa shape index (κ3) is 2.27. The second kappa shape index (κ2) is 4.69. The van der Waals surface area contributed by atoms with Crippen LogP contribution in [0.5, 0.6) is 0 Å². The summed E-state index contributed by atoms with van der Waals surface area (Å²) < 4.78 is 0. The lowest BCUT2D eigenvalue weighted by Gasteiger charge is -1.83. The first-order chi connectivity index (χ1) is 4.36. The normalized spacial score (nSPS) is 9.00. The maximum absolute atomic E-state index is 4.37. The maximum Gasteiger partial charge on any atom is 0.0925 e. The SMILES string of the molecule is CCc1csc(CC)n1.Cl. The molecule has 3 heteroatoms. The Morgan fingerprint density at radius 3 is 2.40 bits per heavy atom. The van der Waals surface area contributed by atoms with Crippen LogP contribution in [0.4, 0.5) is 0 Å². The van der Waals surface area contributed by atoms with Crippen LogP contribution in [0.3, 0.4) is 0 Å². The lowest BCUT2D eigenvalue weighted by molar-refractivity contribution is 1.00. The fourth-order valence-electron chi connectivity index (χ4n) is 0.674. The first kappa shape index (κ1) is 9.92. The summed E-state index contributed by atoms with van der Waals surface area (Å²) >= 11 is 1.76. The van der Waals surface area contributed by atoms with E-state index in [1.807, 2.05) is 0 Å². The third-order valence-electron chi connectivity index (χ3n) is 1.26. The fourth-order valence-corrected chi connectivity index (χ4v) is 1.50. The second-order valence-electron chi connectivity index (χ2n) is 1.94. The Balaban J connectivity index is 0.000000810. The van der Waals surface area contributed by atoms with Crippen LogP contribution in [-0.2, 0) is 12.8 Å². The molecule has 0 N–H and O–H groups in total. The van der Waals surface area contributed by atoms with Crippen molar-refractivity contribution >= 4 is 23.7 Å². The number of nitrogens with zero attached hydrogens (tertiary/aromatic N) is 1. The summed E-state index contributed by atoms with van der Waals surface area (Å²) in [6.07, 6.45) is 2.14. The summed E-state index contributed by atoms with van der Waals surface area (Å²) in [6, 6.07) is 0. The van der Waals surface area contributed by atoms with Gasteiger partial charge in [0.05, 0.1) is 10.7 Å². The van der Waals surface area contributed by atoms with Gasteiger partial charge in [-0.1, -0.05) is 13.8 Å². The zero-order valence-corrected chi connectivity index (χ0v) is 7.89. The monoisotopic (exact) mass is 177 g/mol. The standard InChI is InChI=1S/C7H11NS.ClH/c1-3-6-5-9-7(4-2)8-6;/h5H,3-4H2,1-2H3;1H. The van der Waals surface area contributed by atoms with E-state index < -0.39 is 0 Å². The molecule has 0 aliphatic heterocycles. The largest absolute Gasteiger partial charge is 0.246 e. The average Bonchev–Trinajstić information content (AvgIpc) is 2.34. The van der Waals surface area contributed by atoms with Crippen LogP contribution in [0.1, 0.15) is 24.5 Å². The van der Waals surface area contributed by atoms with Gasteiger partial charge in [-0.2, -0.15) is 0 Å². The van der Waals surface area contributed by atoms with Crippen molar-refractivity contribution in [3.63, 3.8) is 0 Å². The highest BCUT2D eigenvalue weighted by Crippen LogP contribution is 2.09. The van der Waals surface area contributed by atoms with Gasteiger partial charge in [-0.25, -0.2) is 4.98 Å². The van der Waals surface area contributed by atoms with Gasteiger partial charge < -0.3 is 0 Å². The molecule has 0 aliphatic rings. The molecule has 0 saturated heterocycles. The molecule has 0 aromatic carbocycles. The van der Waals surface area contributed by atoms with E-state index in [-0.39, 0.29) is 12.4 Å². The van der Waals surface area contributed by atoms with Gasteiger partial charge >= 0.3 is 0 Å². The molecule has 0 unspecified atom stereocenters. The molecule has 0 atom stereocenters. The van der Waals surface area contributed by atoms with Crippen LogP contribution in [-0.4, -0.2) is 4.98 Å². The van der Waals surface area contributed by atoms with Crippen molar-refractivity contribution in [2.75, 3.05) is 0 Å². The van der Waals surface area contributed by atoms with Crippen molar-refractivity contribution in [2.24, 2.45) is 0 Å². The Bertz CT molecular complexity index is 167. The Labute approximate surface area is 71.9 Å². The first-order valence-corrected chi connectivity index (χ1v) is 4.18. The molecule has 0 amide bonds. The minimum absolute atomic E-state index is 0. The molecule has 0 spiro atoms. The molecule has 1 aromatic rings. The first-order valence-electron chi connectivity index (χ1n) is 3.30. The topological polar surface area (TPSA) is 12.9 Å². The number of hydrogen-bond donors (Lipinski definition) is 0. The van der Waals surface area contributed by atoms with Gasteiger partial charge in [0, 0.05) is 5.38 Å². The molecule has 0 aliphatic carbocycles. The molecule has 1 rings (SSSR count). The van der Waals surface area contributed by atoms with Crippen molar-refractivity contribution in [3.8, 4) is 0 Å². The van der Waals surface area contributed by atoms with Gasteiger partial charge in [0.1, 0.15) is 0 Å². The van der Waals surface area contributed by atoms with Crippen molar-refractivity contribution < 1.29 is 0 Å². The van der Waals surface area contributed by atoms with E-state index in [2.05, 4.69) is 24.2 Å². The van der Waals surface area contributed by atoms with Gasteiger partial charge in [0.2, 0.25) is 0 Å². The summed E-state index contributed by atoms with van der Waals surface area (Å²) in [5, 5.41) is 3.39. The average molecular weight is 178 g/mol. The number of aryl methyl sites for hydroxylation is 2. The minimum atomic E-state index is 0. The predicted octanol–water partition coefficient (Wildman–Crippen LogP) is 2.69. The Kier molecular flexibility index (Phi) is 4.65. The van der Waals surface area contributed by atoms with Gasteiger partial charge in [-0.05, 0) is 12.8 Å². The van der Waals surface area contributed by atoms with E-state index in [0.717, 1.165) is 12.8 Å². The van der Waals surface area contributed by atoms with E-state index in [9.17, 15) is 0 Å². The van der Waals surface area contributed by atoms with Crippen LogP contribution < -0.4 is 0 Å². The molecule has 0 fully saturated rings. The summed E-state index contributed by atoms with van der Waals surface area (Å²) in [6.45, 7) is 4.27. The summed E-state index contributed by atoms with van der Waals surface area (Å²) in [5.74, 6) is 0. The van der Waals surface area contributed by atoms with Gasteiger partial charge in [-0.15, -0.1) is 23.7 Å². The predicted molar refractivity (Wildman–Crippen MR) is 48.1 cm³/mol. The van der Waals surface area contributed by atoms with Crippen LogP contribution >= 0.6 is 23.7 Å². The van der Waals surface area contributed by atoms with Crippen LogP contribution in [0.25, 0.3) is 0 Å². The summed E-state index contributed by atoms with van der Waals surface area (Å²) in [7, 11) is 0. The number of aromatic nitrogens is 1. The van der Waals surface area contributed by atoms with Crippen molar-refractivity contribution in [2.45, 2.75) is 26.7 Å². The second-order valence-corrected chi connectivity index (χ2v) is 2.88. The lowest BCUT2D eigenvalue weighted by Crippen LogP contribution is -1.80. The summed E-state index contributed by atoms with van der Waals surface area (Å²) in [4.78, 5) is 4.37. The smallest absolute Gasteiger partial charge is 0.0925 e. The fraction of sp³-hybridized carbons (Fsp3) is 0.571. The third-order valence-corrected chi connectivity index (χ3v) is 2.31. The summed E-state index contributed by atoms with van der Waals surface area (Å²) in [5.41, 5.74) is 1.23. The molecule has 0 radical (unpaired) electrons. The van der Waals surface area contributed by atoms with Crippen molar-refractivity contribution in [1.29, 1.82) is 0 Å². The van der Waals surface area contributed by atoms with E-state index in [0.29, 0.717) is 0 Å². The number of thiazole rings is 1. The molecule has 1 heterocycles. The highest BCUT2D eigenvalue weighted by Gasteiger charge is 1.94. The highest BCUT2D eigenvalue weighted by molar-refractivity contribution is 7.09. The van der Waals surface area contributed by atoms with E-state index in [4.69, 9.17) is 0 Å². The maximum atomic E-state index is 4.37. The molecule has 0 bridgehead atoms. The van der Waals surface area contributed by atoms with E-state index in [1.165, 1.54) is 10.7 Å². The molecule has 0 saturated carbocycles. The van der Waals surface area contributed by atoms with Crippen LogP contribution in [0.2, 0.25) is 0 Å². The molecule has 58 valence electrons. The quantitative estimate of drug-likeness (QED) is 0.677. The molecule has 10 heavy (non-hydrogen) atoms. The van der Waals surface area contributed by atoms with Crippen LogP contribution in [0, 0.1) is 0 Å². The highest BCUT2D eigenvalue weighted by atomic mass is 35.5. The van der Waals surface area contributed by atoms with Gasteiger partial charge in [0.25, 0.3) is 0 Å². The van der Waals surface area contributed by atoms with Gasteiger partial charge in [0.15, 0.2) is 0 Å². The zero-order valence-electron chi connectivity index (χ0n) is 6.26. The number of hydrogen-bond acceptors (Lipinski definition) is 2. The molecular formula is C7H12ClNS. The zero-order chi connectivity index (χ0) is 6.69.